The van der Waals surface area contributed by atoms with Crippen molar-refractivity contribution in [1.82, 2.24) is 14.8 Å². The van der Waals surface area contributed by atoms with Gasteiger partial charge in [0.15, 0.2) is 21.3 Å². The number of rotatable bonds is 1. The van der Waals surface area contributed by atoms with E-state index in [-0.39, 0.29) is 30.5 Å². The van der Waals surface area contributed by atoms with Gasteiger partial charge in [-0.3, -0.25) is 9.59 Å². The number of carbonyl (C=O) groups excluding carboxylic acids is 2. The predicted molar refractivity (Wildman–Crippen MR) is 78.8 cm³/mol. The second kappa shape index (κ2) is 5.76. The van der Waals surface area contributed by atoms with Crippen LogP contribution in [-0.2, 0) is 14.6 Å². The zero-order chi connectivity index (χ0) is 17.6. The third-order valence-corrected chi connectivity index (χ3v) is 6.05. The second-order valence-electron chi connectivity index (χ2n) is 5.91. The van der Waals surface area contributed by atoms with Crippen molar-refractivity contribution in [1.29, 1.82) is 0 Å². The first-order valence-corrected chi connectivity index (χ1v) is 9.11. The molecule has 2 aliphatic rings. The highest BCUT2D eigenvalue weighted by atomic mass is 32.2. The minimum Gasteiger partial charge on any atom is -0.335 e. The van der Waals surface area contributed by atoms with Crippen LogP contribution in [0.25, 0.3) is 0 Å². The molecule has 7 nitrogen and oxygen atoms in total. The first kappa shape index (κ1) is 16.7. The predicted octanol–water partition coefficient (Wildman–Crippen LogP) is -0.170. The second-order valence-corrected chi connectivity index (χ2v) is 8.06. The molecule has 0 bridgehead atoms. The van der Waals surface area contributed by atoms with Crippen molar-refractivity contribution in [3.05, 3.63) is 29.6 Å². The lowest BCUT2D eigenvalue weighted by atomic mass is 10.0. The van der Waals surface area contributed by atoms with E-state index in [1.54, 1.807) is 0 Å². The highest BCUT2D eigenvalue weighted by Gasteiger charge is 2.49. The van der Waals surface area contributed by atoms with Crippen molar-refractivity contribution in [2.45, 2.75) is 19.0 Å². The minimum atomic E-state index is -3.42. The largest absolute Gasteiger partial charge is 0.335 e. The zero-order valence-electron chi connectivity index (χ0n) is 12.8. The molecule has 0 saturated carbocycles. The van der Waals surface area contributed by atoms with Crippen LogP contribution in [-0.4, -0.2) is 71.7 Å². The molecule has 0 spiro atoms. The lowest BCUT2D eigenvalue weighted by Gasteiger charge is -2.43. The van der Waals surface area contributed by atoms with Crippen molar-refractivity contribution in [3.8, 4) is 0 Å². The fraction of sp³-hybridized carbons (Fsp3) is 0.500. The molecule has 0 unspecified atom stereocenters. The Balaban J connectivity index is 1.94. The van der Waals surface area contributed by atoms with Gasteiger partial charge in [0.1, 0.15) is 5.82 Å². The highest BCUT2D eigenvalue weighted by molar-refractivity contribution is 7.91. The third kappa shape index (κ3) is 2.85. The van der Waals surface area contributed by atoms with Gasteiger partial charge >= 0.3 is 0 Å². The lowest BCUT2D eigenvalue weighted by Crippen LogP contribution is -2.61. The highest BCUT2D eigenvalue weighted by Crippen LogP contribution is 2.28. The maximum atomic E-state index is 13.8. The summed E-state index contributed by atoms with van der Waals surface area (Å²) in [5.74, 6) is -3.63. The number of sulfone groups is 1. The van der Waals surface area contributed by atoms with Crippen molar-refractivity contribution in [2.75, 3.05) is 24.6 Å². The smallest absolute Gasteiger partial charge is 0.275 e. The maximum Gasteiger partial charge on any atom is 0.275 e. The van der Waals surface area contributed by atoms with E-state index in [1.165, 1.54) is 16.7 Å². The van der Waals surface area contributed by atoms with Gasteiger partial charge in [-0.05, 0) is 0 Å². The number of fused-ring (bicyclic) bond motifs is 1. The lowest BCUT2D eigenvalue weighted by molar-refractivity contribution is -0.133. The number of amides is 2. The van der Waals surface area contributed by atoms with E-state index in [1.807, 2.05) is 0 Å². The van der Waals surface area contributed by atoms with Crippen LogP contribution in [0.3, 0.4) is 0 Å². The number of carbonyl (C=O) groups is 2. The van der Waals surface area contributed by atoms with Crippen LogP contribution in [0.4, 0.5) is 8.78 Å². The van der Waals surface area contributed by atoms with Crippen LogP contribution < -0.4 is 0 Å². The van der Waals surface area contributed by atoms with Crippen LogP contribution >= 0.6 is 0 Å². The number of pyridine rings is 1. The molecule has 0 aromatic carbocycles. The molecule has 0 N–H and O–H groups in total. The van der Waals surface area contributed by atoms with Crippen molar-refractivity contribution >= 4 is 21.7 Å². The molecule has 1 aromatic heterocycles. The Hall–Kier alpha value is -2.10. The summed E-state index contributed by atoms with van der Waals surface area (Å²) in [6.07, 6.45) is 0.727. The first-order valence-electron chi connectivity index (χ1n) is 7.29. The zero-order valence-corrected chi connectivity index (χ0v) is 13.6. The van der Waals surface area contributed by atoms with Crippen LogP contribution in [0.5, 0.6) is 0 Å². The monoisotopic (exact) mass is 359 g/mol. The van der Waals surface area contributed by atoms with E-state index in [9.17, 15) is 26.8 Å². The molecule has 2 fully saturated rings. The van der Waals surface area contributed by atoms with Gasteiger partial charge in [0.2, 0.25) is 5.91 Å². The Morgan fingerprint density at radius 1 is 1.17 bits per heavy atom. The summed E-state index contributed by atoms with van der Waals surface area (Å²) >= 11 is 0. The molecule has 0 radical (unpaired) electrons. The molecule has 0 aliphatic carbocycles. The van der Waals surface area contributed by atoms with Gasteiger partial charge in [-0.25, -0.2) is 22.2 Å². The summed E-state index contributed by atoms with van der Waals surface area (Å²) in [7, 11) is -3.42. The molecule has 3 rings (SSSR count). The standard InChI is InChI=1S/C14H15F2N3O4S/c1-8(20)18-2-3-19(12-7-24(22,23)6-11(12)18)14(21)13-10(16)4-9(15)5-17-13/h4-5,11-12H,2-3,6-7H2,1H3/t11-,12+/m0/s1. The Kier molecular flexibility index (Phi) is 4.02. The van der Waals surface area contributed by atoms with Gasteiger partial charge in [0.25, 0.3) is 5.91 Å². The Labute approximate surface area is 137 Å². The van der Waals surface area contributed by atoms with Crippen LogP contribution in [0.15, 0.2) is 12.3 Å². The Morgan fingerprint density at radius 3 is 2.33 bits per heavy atom. The number of halogens is 2. The minimum absolute atomic E-state index is 0.0631. The molecule has 24 heavy (non-hydrogen) atoms. The van der Waals surface area contributed by atoms with Gasteiger partial charge in [-0.15, -0.1) is 0 Å². The molecule has 130 valence electrons. The van der Waals surface area contributed by atoms with Crippen molar-refractivity contribution in [3.63, 3.8) is 0 Å². The number of piperazine rings is 1. The summed E-state index contributed by atoms with van der Waals surface area (Å²) in [6.45, 7) is 1.55. The van der Waals surface area contributed by atoms with Gasteiger partial charge in [0, 0.05) is 26.1 Å². The fourth-order valence-electron chi connectivity index (χ4n) is 3.30. The van der Waals surface area contributed by atoms with Gasteiger partial charge in [-0.2, -0.15) is 0 Å². The molecule has 2 atom stereocenters. The average Bonchev–Trinajstić information content (AvgIpc) is 2.79. The molecular formula is C14H15F2N3O4S. The van der Waals surface area contributed by atoms with Crippen molar-refractivity contribution in [2.24, 2.45) is 0 Å². The molecule has 2 saturated heterocycles. The Morgan fingerprint density at radius 2 is 1.75 bits per heavy atom. The molecular weight excluding hydrogens is 344 g/mol. The summed E-state index contributed by atoms with van der Waals surface area (Å²) in [6, 6.07) is -0.866. The molecule has 1 aromatic rings. The number of nitrogens with zero attached hydrogens (tertiary/aromatic N) is 3. The number of hydrogen-bond donors (Lipinski definition) is 0. The van der Waals surface area contributed by atoms with Crippen LogP contribution in [0, 0.1) is 11.6 Å². The molecule has 2 amide bonds. The summed E-state index contributed by atoms with van der Waals surface area (Å²) in [4.78, 5) is 30.4. The molecule has 3 heterocycles. The average molecular weight is 359 g/mol. The van der Waals surface area contributed by atoms with Gasteiger partial charge in [0.05, 0.1) is 29.8 Å². The quantitative estimate of drug-likeness (QED) is 0.695. The fourth-order valence-corrected chi connectivity index (χ4v) is 5.29. The van der Waals surface area contributed by atoms with Gasteiger partial charge < -0.3 is 9.80 Å². The van der Waals surface area contributed by atoms with Crippen molar-refractivity contribution < 1.29 is 26.8 Å². The van der Waals surface area contributed by atoms with Crippen LogP contribution in [0.2, 0.25) is 0 Å². The van der Waals surface area contributed by atoms with E-state index in [4.69, 9.17) is 0 Å². The third-order valence-electron chi connectivity index (χ3n) is 4.35. The van der Waals surface area contributed by atoms with Crippen LogP contribution in [0.1, 0.15) is 17.4 Å². The van der Waals surface area contributed by atoms with Gasteiger partial charge in [-0.1, -0.05) is 0 Å². The summed E-state index contributed by atoms with van der Waals surface area (Å²) in [5.41, 5.74) is -0.560. The number of hydrogen-bond acceptors (Lipinski definition) is 5. The normalized spacial score (nSPS) is 25.5. The first-order chi connectivity index (χ1) is 11.2. The molecule has 2 aliphatic heterocycles. The summed E-state index contributed by atoms with van der Waals surface area (Å²) < 4.78 is 50.7. The van der Waals surface area contributed by atoms with E-state index in [0.29, 0.717) is 6.07 Å². The number of aromatic nitrogens is 1. The van der Waals surface area contributed by atoms with E-state index in [2.05, 4.69) is 4.98 Å². The molecule has 10 heteroatoms. The topological polar surface area (TPSA) is 87.7 Å². The SMILES string of the molecule is CC(=O)N1CCN(C(=O)c2ncc(F)cc2F)[C@@H]2CS(=O)(=O)C[C@@H]21. The Bertz CT molecular complexity index is 814. The van der Waals surface area contributed by atoms with E-state index >= 15 is 0 Å². The van der Waals surface area contributed by atoms with E-state index < -0.39 is 45.2 Å². The van der Waals surface area contributed by atoms with E-state index in [0.717, 1.165) is 6.20 Å². The maximum absolute atomic E-state index is 13.8. The summed E-state index contributed by atoms with van der Waals surface area (Å²) in [5, 5.41) is 0.